The molecule has 1 aliphatic rings. The Morgan fingerprint density at radius 2 is 2.38 bits per heavy atom. The third kappa shape index (κ3) is 1.42. The third-order valence-corrected chi connectivity index (χ3v) is 1.95. The zero-order valence-electron chi connectivity index (χ0n) is 6.90. The zero-order chi connectivity index (χ0) is 9.26. The Kier molecular flexibility index (Phi) is 1.81. The molecule has 0 spiro atoms. The summed E-state index contributed by atoms with van der Waals surface area (Å²) in [5.74, 6) is -0.291. The fourth-order valence-electron chi connectivity index (χ4n) is 1.29. The molecule has 0 unspecified atom stereocenters. The van der Waals surface area contributed by atoms with E-state index in [1.54, 1.807) is 12.3 Å². The molecule has 66 valence electrons. The molecule has 1 aliphatic heterocycles. The van der Waals surface area contributed by atoms with Crippen molar-refractivity contribution in [1.29, 1.82) is 0 Å². The van der Waals surface area contributed by atoms with Gasteiger partial charge in [-0.3, -0.25) is 0 Å². The lowest BCUT2D eigenvalue weighted by Gasteiger charge is -2.08. The molecule has 2 heterocycles. The average Bonchev–Trinajstić information content (AvgIpc) is 2.17. The molecule has 0 aliphatic carbocycles. The molecule has 0 saturated carbocycles. The molecule has 1 N–H and O–H groups in total. The van der Waals surface area contributed by atoms with Gasteiger partial charge in [0.1, 0.15) is 0 Å². The second-order valence-electron chi connectivity index (χ2n) is 2.86. The van der Waals surface area contributed by atoms with Crippen LogP contribution in [0, 0.1) is 0 Å². The SMILES string of the molecule is O=C(O)c1cnc2c(c1)CCC=N2. The third-order valence-electron chi connectivity index (χ3n) is 1.95. The number of hydrogen-bond donors (Lipinski definition) is 1. The van der Waals surface area contributed by atoms with Gasteiger partial charge in [-0.15, -0.1) is 0 Å². The van der Waals surface area contributed by atoms with Gasteiger partial charge in [-0.05, 0) is 24.5 Å². The number of pyridine rings is 1. The number of aryl methyl sites for hydroxylation is 1. The fraction of sp³-hybridized carbons (Fsp3) is 0.222. The van der Waals surface area contributed by atoms with Gasteiger partial charge in [0, 0.05) is 12.4 Å². The van der Waals surface area contributed by atoms with Crippen LogP contribution in [0.4, 0.5) is 5.82 Å². The Morgan fingerprint density at radius 1 is 1.54 bits per heavy atom. The largest absolute Gasteiger partial charge is 0.478 e. The number of aromatic nitrogens is 1. The first-order valence-corrected chi connectivity index (χ1v) is 4.02. The van der Waals surface area contributed by atoms with Crippen molar-refractivity contribution in [3.05, 3.63) is 23.4 Å². The highest BCUT2D eigenvalue weighted by molar-refractivity contribution is 5.88. The molecule has 0 aromatic carbocycles. The maximum Gasteiger partial charge on any atom is 0.337 e. The summed E-state index contributed by atoms with van der Waals surface area (Å²) in [5, 5.41) is 8.71. The molecule has 13 heavy (non-hydrogen) atoms. The normalized spacial score (nSPS) is 13.8. The smallest absolute Gasteiger partial charge is 0.337 e. The summed E-state index contributed by atoms with van der Waals surface area (Å²) in [7, 11) is 0. The molecule has 0 bridgehead atoms. The summed E-state index contributed by atoms with van der Waals surface area (Å²) in [6, 6.07) is 1.64. The fourth-order valence-corrected chi connectivity index (χ4v) is 1.29. The monoisotopic (exact) mass is 176 g/mol. The van der Waals surface area contributed by atoms with Crippen molar-refractivity contribution in [1.82, 2.24) is 4.98 Å². The van der Waals surface area contributed by atoms with Crippen LogP contribution in [0.1, 0.15) is 22.3 Å². The van der Waals surface area contributed by atoms with E-state index in [0.29, 0.717) is 5.82 Å². The standard InChI is InChI=1S/C9H8N2O2/c12-9(13)7-4-6-2-1-3-10-8(6)11-5-7/h3-5H,1-2H2,(H,12,13). The lowest BCUT2D eigenvalue weighted by molar-refractivity contribution is 0.0696. The van der Waals surface area contributed by atoms with Crippen LogP contribution < -0.4 is 0 Å². The van der Waals surface area contributed by atoms with Gasteiger partial charge >= 0.3 is 5.97 Å². The number of hydrogen-bond acceptors (Lipinski definition) is 3. The second kappa shape index (κ2) is 2.97. The Labute approximate surface area is 75.0 Å². The topological polar surface area (TPSA) is 62.5 Å². The quantitative estimate of drug-likeness (QED) is 0.703. The van der Waals surface area contributed by atoms with Gasteiger partial charge < -0.3 is 5.11 Å². The number of carboxylic acids is 1. The molecule has 1 aromatic heterocycles. The van der Waals surface area contributed by atoms with E-state index in [4.69, 9.17) is 5.11 Å². The Balaban J connectivity index is 2.48. The molecule has 0 amide bonds. The first-order valence-electron chi connectivity index (χ1n) is 4.02. The highest BCUT2D eigenvalue weighted by Gasteiger charge is 2.10. The van der Waals surface area contributed by atoms with Gasteiger partial charge in [0.05, 0.1) is 5.56 Å². The number of aromatic carboxylic acids is 1. The molecule has 1 aromatic rings. The van der Waals surface area contributed by atoms with Gasteiger partial charge in [0.2, 0.25) is 0 Å². The van der Waals surface area contributed by atoms with E-state index in [2.05, 4.69) is 9.98 Å². The van der Waals surface area contributed by atoms with Gasteiger partial charge in [-0.25, -0.2) is 14.8 Å². The molecule has 0 radical (unpaired) electrons. The van der Waals surface area contributed by atoms with Gasteiger partial charge in [-0.1, -0.05) is 0 Å². The number of aliphatic imine (C=N–C) groups is 1. The molecule has 0 saturated heterocycles. The Bertz CT molecular complexity index is 385. The summed E-state index contributed by atoms with van der Waals surface area (Å²) in [4.78, 5) is 18.6. The van der Waals surface area contributed by atoms with E-state index in [1.165, 1.54) is 6.20 Å². The van der Waals surface area contributed by atoms with Crippen LogP contribution >= 0.6 is 0 Å². The van der Waals surface area contributed by atoms with Crippen LogP contribution in [0.25, 0.3) is 0 Å². The summed E-state index contributed by atoms with van der Waals surface area (Å²) in [6.45, 7) is 0. The van der Waals surface area contributed by atoms with Crippen molar-refractivity contribution < 1.29 is 9.90 Å². The number of carbonyl (C=O) groups is 1. The van der Waals surface area contributed by atoms with Crippen LogP contribution in [0.3, 0.4) is 0 Å². The average molecular weight is 176 g/mol. The highest BCUT2D eigenvalue weighted by Crippen LogP contribution is 2.21. The number of rotatable bonds is 1. The van der Waals surface area contributed by atoms with Gasteiger partial charge in [0.25, 0.3) is 0 Å². The van der Waals surface area contributed by atoms with Crippen LogP contribution in [0.2, 0.25) is 0 Å². The van der Waals surface area contributed by atoms with Gasteiger partial charge in [-0.2, -0.15) is 0 Å². The summed E-state index contributed by atoms with van der Waals surface area (Å²) >= 11 is 0. The van der Waals surface area contributed by atoms with Crippen molar-refractivity contribution in [3.63, 3.8) is 0 Å². The first kappa shape index (κ1) is 7.91. The molecule has 4 heteroatoms. The van der Waals surface area contributed by atoms with E-state index in [-0.39, 0.29) is 5.56 Å². The minimum atomic E-state index is -0.940. The number of carboxylic acid groups (broad SMARTS) is 1. The van der Waals surface area contributed by atoms with E-state index >= 15 is 0 Å². The van der Waals surface area contributed by atoms with Crippen molar-refractivity contribution in [2.45, 2.75) is 12.8 Å². The molecular weight excluding hydrogens is 168 g/mol. The molecular formula is C9H8N2O2. The first-order chi connectivity index (χ1) is 6.27. The minimum Gasteiger partial charge on any atom is -0.478 e. The van der Waals surface area contributed by atoms with Crippen molar-refractivity contribution in [3.8, 4) is 0 Å². The van der Waals surface area contributed by atoms with Crippen molar-refractivity contribution >= 4 is 18.0 Å². The molecule has 4 nitrogen and oxygen atoms in total. The molecule has 2 rings (SSSR count). The predicted molar refractivity (Wildman–Crippen MR) is 47.7 cm³/mol. The Morgan fingerprint density at radius 3 is 3.15 bits per heavy atom. The maximum atomic E-state index is 10.6. The number of fused-ring (bicyclic) bond motifs is 1. The molecule has 0 fully saturated rings. The van der Waals surface area contributed by atoms with Gasteiger partial charge in [0.15, 0.2) is 5.82 Å². The van der Waals surface area contributed by atoms with E-state index in [9.17, 15) is 4.79 Å². The summed E-state index contributed by atoms with van der Waals surface area (Å²) in [5.41, 5.74) is 1.15. The lowest BCUT2D eigenvalue weighted by Crippen LogP contribution is -2.02. The summed E-state index contributed by atoms with van der Waals surface area (Å²) in [6.07, 6.45) is 4.82. The molecule has 0 atom stereocenters. The van der Waals surface area contributed by atoms with Crippen LogP contribution in [-0.4, -0.2) is 22.3 Å². The van der Waals surface area contributed by atoms with Crippen molar-refractivity contribution in [2.75, 3.05) is 0 Å². The maximum absolute atomic E-state index is 10.6. The van der Waals surface area contributed by atoms with E-state index in [1.807, 2.05) is 0 Å². The van der Waals surface area contributed by atoms with Crippen molar-refractivity contribution in [2.24, 2.45) is 4.99 Å². The summed E-state index contributed by atoms with van der Waals surface area (Å²) < 4.78 is 0. The van der Waals surface area contributed by atoms with E-state index in [0.717, 1.165) is 18.4 Å². The Hall–Kier alpha value is -1.71. The second-order valence-corrected chi connectivity index (χ2v) is 2.86. The number of nitrogens with zero attached hydrogens (tertiary/aromatic N) is 2. The highest BCUT2D eigenvalue weighted by atomic mass is 16.4. The van der Waals surface area contributed by atoms with Crippen LogP contribution in [-0.2, 0) is 6.42 Å². The van der Waals surface area contributed by atoms with E-state index < -0.39 is 5.97 Å². The lowest BCUT2D eigenvalue weighted by atomic mass is 10.1. The predicted octanol–water partition coefficient (Wildman–Crippen LogP) is 1.43. The van der Waals surface area contributed by atoms with Crippen LogP contribution in [0.15, 0.2) is 17.3 Å². The minimum absolute atomic E-state index is 0.232. The van der Waals surface area contributed by atoms with Crippen LogP contribution in [0.5, 0.6) is 0 Å². The zero-order valence-corrected chi connectivity index (χ0v) is 6.90.